The van der Waals surface area contributed by atoms with Gasteiger partial charge < -0.3 is 15.2 Å². The normalized spacial score (nSPS) is 16.2. The number of pyridine rings is 2. The van der Waals surface area contributed by atoms with E-state index in [1.807, 2.05) is 12.1 Å². The van der Waals surface area contributed by atoms with Crippen LogP contribution in [0.2, 0.25) is 5.02 Å². The molecule has 1 saturated heterocycles. The molecule has 1 aromatic carbocycles. The van der Waals surface area contributed by atoms with Crippen LogP contribution < -0.4 is 5.32 Å². The number of hydrogen-bond donors (Lipinski definition) is 2. The van der Waals surface area contributed by atoms with E-state index in [2.05, 4.69) is 15.4 Å². The van der Waals surface area contributed by atoms with Gasteiger partial charge in [0, 0.05) is 36.5 Å². The Morgan fingerprint density at radius 3 is 2.79 bits per heavy atom. The van der Waals surface area contributed by atoms with Crippen LogP contribution in [0.5, 0.6) is 0 Å². The van der Waals surface area contributed by atoms with Crippen molar-refractivity contribution in [2.45, 2.75) is 25.5 Å². The van der Waals surface area contributed by atoms with E-state index in [-0.39, 0.29) is 23.4 Å². The number of aliphatic hydroxyl groups is 1. The van der Waals surface area contributed by atoms with E-state index in [1.165, 1.54) is 6.07 Å². The van der Waals surface area contributed by atoms with E-state index in [9.17, 15) is 8.78 Å². The fourth-order valence-electron chi connectivity index (χ4n) is 4.02. The summed E-state index contributed by atoms with van der Waals surface area (Å²) in [6.07, 6.45) is 5.91. The number of rotatable bonds is 6. The molecule has 1 aliphatic heterocycles. The van der Waals surface area contributed by atoms with E-state index in [1.54, 1.807) is 23.1 Å². The number of anilines is 1. The Balaban J connectivity index is 1.64. The van der Waals surface area contributed by atoms with Gasteiger partial charge in [0.2, 0.25) is 0 Å². The van der Waals surface area contributed by atoms with Crippen molar-refractivity contribution in [3.8, 4) is 22.5 Å². The van der Waals surface area contributed by atoms with Crippen LogP contribution in [0.3, 0.4) is 0 Å². The van der Waals surface area contributed by atoms with Crippen LogP contribution in [0.4, 0.5) is 14.5 Å². The average molecular weight is 486 g/mol. The molecule has 1 fully saturated rings. The van der Waals surface area contributed by atoms with Crippen LogP contribution in [0.1, 0.15) is 25.5 Å². The zero-order chi connectivity index (χ0) is 23.7. The molecule has 4 aromatic rings. The number of aromatic nitrogens is 4. The Bertz CT molecular complexity index is 1340. The van der Waals surface area contributed by atoms with Gasteiger partial charge in [-0.15, -0.1) is 0 Å². The van der Waals surface area contributed by atoms with Crippen molar-refractivity contribution in [2.75, 3.05) is 25.1 Å². The molecule has 1 unspecified atom stereocenters. The summed E-state index contributed by atoms with van der Waals surface area (Å²) >= 11 is 5.98. The molecule has 34 heavy (non-hydrogen) atoms. The van der Waals surface area contributed by atoms with Crippen molar-refractivity contribution in [3.05, 3.63) is 59.4 Å². The van der Waals surface area contributed by atoms with Crippen LogP contribution in [0, 0.1) is 11.6 Å². The van der Waals surface area contributed by atoms with Crippen LogP contribution in [-0.4, -0.2) is 44.6 Å². The highest BCUT2D eigenvalue weighted by Gasteiger charge is 2.24. The summed E-state index contributed by atoms with van der Waals surface area (Å²) in [5.74, 6) is -1.60. The fourth-order valence-corrected chi connectivity index (χ4v) is 4.18. The quantitative estimate of drug-likeness (QED) is 0.365. The van der Waals surface area contributed by atoms with Crippen LogP contribution >= 0.6 is 11.6 Å². The van der Waals surface area contributed by atoms with Crippen molar-refractivity contribution in [2.24, 2.45) is 0 Å². The van der Waals surface area contributed by atoms with Gasteiger partial charge in [0.15, 0.2) is 0 Å². The maximum absolute atomic E-state index is 14.8. The molecule has 0 amide bonds. The highest BCUT2D eigenvalue weighted by atomic mass is 35.5. The maximum atomic E-state index is 14.8. The lowest BCUT2D eigenvalue weighted by molar-refractivity contribution is -0.0393. The summed E-state index contributed by atoms with van der Waals surface area (Å²) in [6.45, 7) is 0.994. The molecule has 1 atom stereocenters. The molecular weight excluding hydrogens is 464 g/mol. The van der Waals surface area contributed by atoms with Gasteiger partial charge in [-0.1, -0.05) is 11.6 Å². The van der Waals surface area contributed by atoms with Crippen molar-refractivity contribution in [3.63, 3.8) is 0 Å². The predicted octanol–water partition coefficient (Wildman–Crippen LogP) is 5.20. The first kappa shape index (κ1) is 22.6. The minimum atomic E-state index is -0.836. The fraction of sp³-hybridized carbons (Fsp3) is 0.292. The summed E-state index contributed by atoms with van der Waals surface area (Å²) in [5.41, 5.74) is 3.49. The minimum absolute atomic E-state index is 0.0108. The zero-order valence-electron chi connectivity index (χ0n) is 18.1. The Kier molecular flexibility index (Phi) is 6.40. The molecule has 1 aliphatic rings. The first-order chi connectivity index (χ1) is 16.5. The van der Waals surface area contributed by atoms with E-state index in [0.29, 0.717) is 46.8 Å². The van der Waals surface area contributed by atoms with E-state index in [4.69, 9.17) is 26.4 Å². The molecule has 7 nitrogen and oxygen atoms in total. The second kappa shape index (κ2) is 9.61. The number of hydrogen-bond acceptors (Lipinski definition) is 6. The van der Waals surface area contributed by atoms with Gasteiger partial charge in [-0.05, 0) is 43.5 Å². The van der Waals surface area contributed by atoms with Crippen LogP contribution in [0.15, 0.2) is 42.7 Å². The van der Waals surface area contributed by atoms with Gasteiger partial charge in [0.25, 0.3) is 0 Å². The Hall–Kier alpha value is -3.14. The number of nitrogens with zero attached hydrogens (tertiary/aromatic N) is 4. The summed E-state index contributed by atoms with van der Waals surface area (Å²) in [4.78, 5) is 9.14. The molecule has 176 valence electrons. The second-order valence-electron chi connectivity index (χ2n) is 8.05. The Morgan fingerprint density at radius 2 is 2.00 bits per heavy atom. The molecule has 0 radical (unpaired) electrons. The van der Waals surface area contributed by atoms with E-state index in [0.717, 1.165) is 25.3 Å². The van der Waals surface area contributed by atoms with Crippen LogP contribution in [-0.2, 0) is 4.74 Å². The molecule has 0 spiro atoms. The number of fused-ring (bicyclic) bond motifs is 1. The predicted molar refractivity (Wildman–Crippen MR) is 126 cm³/mol. The molecule has 2 N–H and O–H groups in total. The van der Waals surface area contributed by atoms with Gasteiger partial charge in [0.1, 0.15) is 23.6 Å². The lowest BCUT2D eigenvalue weighted by atomic mass is 10.0. The molecule has 0 aliphatic carbocycles. The first-order valence-corrected chi connectivity index (χ1v) is 11.4. The zero-order valence-corrected chi connectivity index (χ0v) is 18.9. The topological polar surface area (TPSA) is 85.1 Å². The number of nitrogens with one attached hydrogen (secondary N) is 1. The number of ether oxygens (including phenoxy) is 1. The Morgan fingerprint density at radius 1 is 1.12 bits per heavy atom. The van der Waals surface area contributed by atoms with Gasteiger partial charge >= 0.3 is 0 Å². The van der Waals surface area contributed by atoms with Crippen molar-refractivity contribution in [1.29, 1.82) is 0 Å². The van der Waals surface area contributed by atoms with E-state index < -0.39 is 11.6 Å². The maximum Gasteiger partial charge on any atom is 0.150 e. The largest absolute Gasteiger partial charge is 0.395 e. The molecular formula is C24H22ClF2N5O2. The van der Waals surface area contributed by atoms with Gasteiger partial charge in [-0.3, -0.25) is 4.98 Å². The first-order valence-electron chi connectivity index (χ1n) is 11.0. The number of aliphatic hydroxyl groups excluding tert-OH is 1. The summed E-state index contributed by atoms with van der Waals surface area (Å²) < 4.78 is 36.2. The highest BCUT2D eigenvalue weighted by molar-refractivity contribution is 6.31. The number of halogens is 3. The number of benzene rings is 1. The average Bonchev–Trinajstić information content (AvgIpc) is 3.30. The lowest BCUT2D eigenvalue weighted by Crippen LogP contribution is -2.18. The summed E-state index contributed by atoms with van der Waals surface area (Å²) in [6, 6.07) is 7.43. The third kappa shape index (κ3) is 4.46. The molecule has 3 aromatic heterocycles. The van der Waals surface area contributed by atoms with Crippen molar-refractivity contribution in [1.82, 2.24) is 19.7 Å². The smallest absolute Gasteiger partial charge is 0.150 e. The van der Waals surface area contributed by atoms with Gasteiger partial charge in [-0.25, -0.2) is 18.4 Å². The molecule has 0 bridgehead atoms. The summed E-state index contributed by atoms with van der Waals surface area (Å²) in [5, 5.41) is 16.6. The Labute approximate surface area is 199 Å². The van der Waals surface area contributed by atoms with Crippen molar-refractivity contribution < 1.29 is 18.6 Å². The molecule has 4 heterocycles. The molecule has 10 heteroatoms. The molecule has 0 saturated carbocycles. The van der Waals surface area contributed by atoms with Gasteiger partial charge in [-0.2, -0.15) is 5.10 Å². The van der Waals surface area contributed by atoms with Gasteiger partial charge in [0.05, 0.1) is 40.2 Å². The SMILES string of the molecule is OCCNc1cnc2ccc(-c3cn(C4CCCCO4)nc3-c3cc(Cl)c(F)cc3F)nc2c1. The summed E-state index contributed by atoms with van der Waals surface area (Å²) in [7, 11) is 0. The monoisotopic (exact) mass is 485 g/mol. The van der Waals surface area contributed by atoms with Crippen molar-refractivity contribution >= 4 is 28.3 Å². The minimum Gasteiger partial charge on any atom is -0.395 e. The third-order valence-corrected chi connectivity index (χ3v) is 5.99. The lowest BCUT2D eigenvalue weighted by Gasteiger charge is -2.22. The van der Waals surface area contributed by atoms with E-state index >= 15 is 0 Å². The highest BCUT2D eigenvalue weighted by Crippen LogP contribution is 2.36. The third-order valence-electron chi connectivity index (χ3n) is 5.70. The molecule has 5 rings (SSSR count). The van der Waals surface area contributed by atoms with Crippen LogP contribution in [0.25, 0.3) is 33.5 Å². The second-order valence-corrected chi connectivity index (χ2v) is 8.46. The standard InChI is InChI=1S/C24H22ClF2N5O2/c25-17-10-15(18(26)11-19(17)27)24-16(13-32(31-24)23-3-1-2-8-34-23)20-4-5-21-22(30-20)9-14(12-29-21)28-6-7-33/h4-5,9-13,23,28,33H,1-3,6-8H2.